The van der Waals surface area contributed by atoms with Gasteiger partial charge in [-0.1, -0.05) is 12.1 Å². The molecule has 0 unspecified atom stereocenters. The van der Waals surface area contributed by atoms with Crippen LogP contribution in [0.25, 0.3) is 0 Å². The van der Waals surface area contributed by atoms with Crippen LogP contribution in [0.3, 0.4) is 0 Å². The minimum atomic E-state index is -0.453. The van der Waals surface area contributed by atoms with E-state index < -0.39 is 5.97 Å². The molecule has 4 N–H and O–H groups in total. The molecule has 2 aromatic carbocycles. The number of esters is 1. The van der Waals surface area contributed by atoms with E-state index in [0.717, 1.165) is 0 Å². The standard InChI is InChI=1S/C19H16BrN5O4/c1-28-19(27)11-6-8-12(9-7-11)29-18-15(21)16(22-10-23-18)24-25-17(26)13-4-2-3-5-14(13)20/h2-10H,21H2,1H3,(H,25,26)(H,22,23,24). The Kier molecular flexibility index (Phi) is 6.25. The molecule has 0 bridgehead atoms. The van der Waals surface area contributed by atoms with Gasteiger partial charge in [0.05, 0.1) is 18.2 Å². The smallest absolute Gasteiger partial charge is 0.337 e. The van der Waals surface area contributed by atoms with Crippen molar-refractivity contribution in [2.75, 3.05) is 18.3 Å². The fourth-order valence-electron chi connectivity index (χ4n) is 2.28. The number of nitrogens with one attached hydrogen (secondary N) is 2. The summed E-state index contributed by atoms with van der Waals surface area (Å²) in [5.41, 5.74) is 12.1. The van der Waals surface area contributed by atoms with Crippen LogP contribution in [0.2, 0.25) is 0 Å². The van der Waals surface area contributed by atoms with Crippen LogP contribution in [0.5, 0.6) is 11.6 Å². The summed E-state index contributed by atoms with van der Waals surface area (Å²) >= 11 is 3.32. The maximum absolute atomic E-state index is 12.3. The van der Waals surface area contributed by atoms with Gasteiger partial charge in [0, 0.05) is 4.47 Å². The number of benzene rings is 2. The lowest BCUT2D eigenvalue weighted by molar-refractivity contribution is 0.0600. The largest absolute Gasteiger partial charge is 0.465 e. The minimum absolute atomic E-state index is 0.0865. The lowest BCUT2D eigenvalue weighted by Crippen LogP contribution is -2.30. The number of anilines is 2. The Hall–Kier alpha value is -3.66. The van der Waals surface area contributed by atoms with E-state index in [0.29, 0.717) is 21.3 Å². The Labute approximate surface area is 174 Å². The van der Waals surface area contributed by atoms with Gasteiger partial charge in [-0.2, -0.15) is 4.98 Å². The number of nitrogen functional groups attached to an aromatic ring is 1. The SMILES string of the molecule is COC(=O)c1ccc(Oc2ncnc(NNC(=O)c3ccccc3Br)c2N)cc1. The second kappa shape index (κ2) is 9.02. The van der Waals surface area contributed by atoms with Gasteiger partial charge in [0.1, 0.15) is 17.8 Å². The molecule has 9 nitrogen and oxygen atoms in total. The van der Waals surface area contributed by atoms with Crippen molar-refractivity contribution in [3.8, 4) is 11.6 Å². The highest BCUT2D eigenvalue weighted by Crippen LogP contribution is 2.29. The van der Waals surface area contributed by atoms with E-state index in [4.69, 9.17) is 10.5 Å². The van der Waals surface area contributed by atoms with Gasteiger partial charge in [-0.25, -0.2) is 9.78 Å². The minimum Gasteiger partial charge on any atom is -0.465 e. The van der Waals surface area contributed by atoms with Gasteiger partial charge in [0.15, 0.2) is 5.82 Å². The van der Waals surface area contributed by atoms with Crippen LogP contribution < -0.4 is 21.3 Å². The quantitative estimate of drug-likeness (QED) is 0.380. The van der Waals surface area contributed by atoms with E-state index in [1.807, 2.05) is 0 Å². The van der Waals surface area contributed by atoms with E-state index in [9.17, 15) is 9.59 Å². The number of rotatable bonds is 6. The number of nitrogens with two attached hydrogens (primary N) is 1. The van der Waals surface area contributed by atoms with Crippen molar-refractivity contribution < 1.29 is 19.1 Å². The molecule has 1 aromatic heterocycles. The molecule has 29 heavy (non-hydrogen) atoms. The van der Waals surface area contributed by atoms with Crippen molar-refractivity contribution in [3.63, 3.8) is 0 Å². The van der Waals surface area contributed by atoms with Crippen molar-refractivity contribution >= 4 is 39.3 Å². The molecule has 0 fully saturated rings. The van der Waals surface area contributed by atoms with Gasteiger partial charge in [-0.05, 0) is 52.3 Å². The van der Waals surface area contributed by atoms with E-state index in [1.165, 1.54) is 13.4 Å². The molecule has 1 heterocycles. The van der Waals surface area contributed by atoms with Gasteiger partial charge in [-0.3, -0.25) is 15.6 Å². The molecule has 0 saturated carbocycles. The summed E-state index contributed by atoms with van der Waals surface area (Å²) in [6, 6.07) is 13.2. The maximum atomic E-state index is 12.3. The van der Waals surface area contributed by atoms with Crippen LogP contribution in [0.1, 0.15) is 20.7 Å². The monoisotopic (exact) mass is 457 g/mol. The van der Waals surface area contributed by atoms with Gasteiger partial charge in [-0.15, -0.1) is 0 Å². The van der Waals surface area contributed by atoms with Gasteiger partial charge >= 0.3 is 5.97 Å². The van der Waals surface area contributed by atoms with Crippen LogP contribution in [0, 0.1) is 0 Å². The zero-order chi connectivity index (χ0) is 20.8. The molecule has 1 amide bonds. The maximum Gasteiger partial charge on any atom is 0.337 e. The van der Waals surface area contributed by atoms with Crippen molar-refractivity contribution in [3.05, 3.63) is 70.5 Å². The van der Waals surface area contributed by atoms with E-state index in [2.05, 4.69) is 41.5 Å². The molecule has 3 aromatic rings. The molecule has 3 rings (SSSR count). The number of ether oxygens (including phenoxy) is 2. The molecule has 0 radical (unpaired) electrons. The Bertz CT molecular complexity index is 1040. The first kappa shape index (κ1) is 20.1. The summed E-state index contributed by atoms with van der Waals surface area (Å²) < 4.78 is 10.9. The summed E-state index contributed by atoms with van der Waals surface area (Å²) in [7, 11) is 1.30. The zero-order valence-corrected chi connectivity index (χ0v) is 16.8. The van der Waals surface area contributed by atoms with E-state index in [-0.39, 0.29) is 23.3 Å². The van der Waals surface area contributed by atoms with Crippen molar-refractivity contribution in [1.29, 1.82) is 0 Å². The predicted molar refractivity (Wildman–Crippen MR) is 110 cm³/mol. The molecule has 0 saturated heterocycles. The normalized spacial score (nSPS) is 10.1. The molecule has 0 atom stereocenters. The zero-order valence-electron chi connectivity index (χ0n) is 15.2. The topological polar surface area (TPSA) is 128 Å². The van der Waals surface area contributed by atoms with Crippen molar-refractivity contribution in [2.24, 2.45) is 0 Å². The molecule has 0 aliphatic heterocycles. The number of halogens is 1. The highest BCUT2D eigenvalue weighted by atomic mass is 79.9. The van der Waals surface area contributed by atoms with Crippen molar-refractivity contribution in [2.45, 2.75) is 0 Å². The predicted octanol–water partition coefficient (Wildman–Crippen LogP) is 3.16. The van der Waals surface area contributed by atoms with Crippen LogP contribution in [0.4, 0.5) is 11.5 Å². The number of carbonyl (C=O) groups excluding carboxylic acids is 2. The third-order valence-electron chi connectivity index (χ3n) is 3.75. The first-order valence-electron chi connectivity index (χ1n) is 8.27. The second-order valence-electron chi connectivity index (χ2n) is 5.62. The number of nitrogens with zero attached hydrogens (tertiary/aromatic N) is 2. The van der Waals surface area contributed by atoms with Gasteiger partial charge < -0.3 is 15.2 Å². The average Bonchev–Trinajstić information content (AvgIpc) is 2.74. The molecule has 10 heteroatoms. The van der Waals surface area contributed by atoms with E-state index >= 15 is 0 Å². The van der Waals surface area contributed by atoms with Crippen LogP contribution in [-0.4, -0.2) is 29.0 Å². The number of hydrogen-bond acceptors (Lipinski definition) is 8. The van der Waals surface area contributed by atoms with Crippen LogP contribution >= 0.6 is 15.9 Å². The summed E-state index contributed by atoms with van der Waals surface area (Å²) in [5.74, 6) is -0.168. The molecule has 148 valence electrons. The summed E-state index contributed by atoms with van der Waals surface area (Å²) in [5, 5.41) is 0. The number of aromatic nitrogens is 2. The van der Waals surface area contributed by atoms with Gasteiger partial charge in [0.25, 0.3) is 5.91 Å². The number of carbonyl (C=O) groups is 2. The summed E-state index contributed by atoms with van der Waals surface area (Å²) in [4.78, 5) is 31.8. The Balaban J connectivity index is 1.70. The second-order valence-corrected chi connectivity index (χ2v) is 6.47. The first-order chi connectivity index (χ1) is 14.0. The van der Waals surface area contributed by atoms with Crippen molar-refractivity contribution in [1.82, 2.24) is 15.4 Å². The number of amides is 1. The molecular formula is C19H16BrN5O4. The molecule has 0 spiro atoms. The number of methoxy groups -OCH3 is 1. The highest BCUT2D eigenvalue weighted by molar-refractivity contribution is 9.10. The number of hydrazine groups is 1. The Morgan fingerprint density at radius 1 is 1.07 bits per heavy atom. The van der Waals surface area contributed by atoms with Crippen LogP contribution in [0.15, 0.2) is 59.3 Å². The molecular weight excluding hydrogens is 442 g/mol. The molecule has 0 aliphatic rings. The number of hydrogen-bond donors (Lipinski definition) is 3. The fraction of sp³-hybridized carbons (Fsp3) is 0.0526. The summed E-state index contributed by atoms with van der Waals surface area (Å²) in [6.45, 7) is 0. The summed E-state index contributed by atoms with van der Waals surface area (Å²) in [6.07, 6.45) is 1.24. The first-order valence-corrected chi connectivity index (χ1v) is 9.06. The highest BCUT2D eigenvalue weighted by Gasteiger charge is 2.14. The lowest BCUT2D eigenvalue weighted by atomic mass is 10.2. The third-order valence-corrected chi connectivity index (χ3v) is 4.44. The lowest BCUT2D eigenvalue weighted by Gasteiger charge is -2.13. The molecule has 0 aliphatic carbocycles. The van der Waals surface area contributed by atoms with Crippen LogP contribution in [-0.2, 0) is 4.74 Å². The fourth-order valence-corrected chi connectivity index (χ4v) is 2.74. The Morgan fingerprint density at radius 2 is 1.79 bits per heavy atom. The van der Waals surface area contributed by atoms with Gasteiger partial charge in [0.2, 0.25) is 5.88 Å². The average molecular weight is 458 g/mol. The van der Waals surface area contributed by atoms with E-state index in [1.54, 1.807) is 48.5 Å². The Morgan fingerprint density at radius 3 is 2.48 bits per heavy atom. The third kappa shape index (κ3) is 4.79.